The van der Waals surface area contributed by atoms with Crippen LogP contribution < -0.4 is 5.19 Å². The standard InChI is InChI=1S/C6H6Cl2Si.Cl2H2Si/c7-9(8)6-4-2-1-3-5-6;1-3-2/h1-5,9H;3H2. The predicted octanol–water partition coefficient (Wildman–Crippen LogP) is 2.05. The van der Waals surface area contributed by atoms with Gasteiger partial charge in [0.2, 0.25) is 8.14 Å². The van der Waals surface area contributed by atoms with Crippen molar-refractivity contribution in [2.75, 3.05) is 0 Å². The third-order valence-corrected chi connectivity index (χ3v) is 3.45. The van der Waals surface area contributed by atoms with Crippen molar-refractivity contribution in [1.82, 2.24) is 0 Å². The first kappa shape index (κ1) is 12.8. The van der Waals surface area contributed by atoms with Crippen molar-refractivity contribution >= 4 is 65.1 Å². The molecule has 0 bridgehead atoms. The monoisotopic (exact) mass is 276 g/mol. The highest BCUT2D eigenvalue weighted by Gasteiger charge is 2.02. The van der Waals surface area contributed by atoms with E-state index in [4.69, 9.17) is 44.3 Å². The molecule has 0 heterocycles. The van der Waals surface area contributed by atoms with Crippen LogP contribution in [0.15, 0.2) is 30.3 Å². The molecule has 12 heavy (non-hydrogen) atoms. The molecule has 0 radical (unpaired) electrons. The minimum atomic E-state index is -1.58. The van der Waals surface area contributed by atoms with Gasteiger partial charge in [-0.05, 0) is 5.19 Å². The Bertz CT molecular complexity index is 192. The van der Waals surface area contributed by atoms with E-state index in [0.29, 0.717) is 0 Å². The van der Waals surface area contributed by atoms with Crippen LogP contribution in [0, 0.1) is 0 Å². The fourth-order valence-corrected chi connectivity index (χ4v) is 1.98. The molecule has 1 rings (SSSR count). The summed E-state index contributed by atoms with van der Waals surface area (Å²) in [6.07, 6.45) is 0. The van der Waals surface area contributed by atoms with Gasteiger partial charge in [-0.1, -0.05) is 30.3 Å². The number of hydrogen-bond acceptors (Lipinski definition) is 0. The van der Waals surface area contributed by atoms with E-state index in [0.717, 1.165) is 5.19 Å². The van der Waals surface area contributed by atoms with E-state index in [1.54, 1.807) is 0 Å². The van der Waals surface area contributed by atoms with Crippen LogP contribution in [0.3, 0.4) is 0 Å². The Balaban J connectivity index is 0.000000354. The maximum Gasteiger partial charge on any atom is 0.266 e. The second kappa shape index (κ2) is 8.41. The van der Waals surface area contributed by atoms with E-state index in [2.05, 4.69) is 0 Å². The molecule has 68 valence electrons. The molecule has 1 aromatic carbocycles. The summed E-state index contributed by atoms with van der Waals surface area (Å²) in [4.78, 5) is 0. The smallest absolute Gasteiger partial charge is 0.155 e. The van der Waals surface area contributed by atoms with Gasteiger partial charge in [0.25, 0.3) is 7.42 Å². The quantitative estimate of drug-likeness (QED) is 0.545. The lowest BCUT2D eigenvalue weighted by atomic mass is 10.4. The summed E-state index contributed by atoms with van der Waals surface area (Å²) in [5.74, 6) is 0. The zero-order chi connectivity index (χ0) is 9.40. The van der Waals surface area contributed by atoms with Crippen molar-refractivity contribution in [3.63, 3.8) is 0 Å². The molecule has 0 saturated carbocycles. The van der Waals surface area contributed by atoms with Gasteiger partial charge >= 0.3 is 0 Å². The van der Waals surface area contributed by atoms with Gasteiger partial charge in [-0.3, -0.25) is 0 Å². The summed E-state index contributed by atoms with van der Waals surface area (Å²) in [6.45, 7) is 0. The van der Waals surface area contributed by atoms with Crippen LogP contribution in [0.5, 0.6) is 0 Å². The lowest BCUT2D eigenvalue weighted by molar-refractivity contribution is 1.77. The Morgan fingerprint density at radius 2 is 1.42 bits per heavy atom. The van der Waals surface area contributed by atoms with E-state index >= 15 is 0 Å². The lowest BCUT2D eigenvalue weighted by Crippen LogP contribution is -2.16. The molecule has 0 unspecified atom stereocenters. The SMILES string of the molecule is Cl[SiH2]Cl.Cl[SiH](Cl)c1ccccc1. The fraction of sp³-hybridized carbons (Fsp3) is 0. The molecule has 0 spiro atoms. The molecule has 0 fully saturated rings. The zero-order valence-electron chi connectivity index (χ0n) is 6.18. The van der Waals surface area contributed by atoms with Crippen LogP contribution in [-0.2, 0) is 0 Å². The van der Waals surface area contributed by atoms with Gasteiger partial charge in [0, 0.05) is 0 Å². The second-order valence-electron chi connectivity index (χ2n) is 1.81. The highest BCUT2D eigenvalue weighted by Crippen LogP contribution is 1.96. The third kappa shape index (κ3) is 6.34. The number of benzene rings is 1. The van der Waals surface area contributed by atoms with Crippen LogP contribution in [0.4, 0.5) is 0 Å². The average Bonchev–Trinajstić information content (AvgIpc) is 2.07. The van der Waals surface area contributed by atoms with E-state index in [1.165, 1.54) is 0 Å². The van der Waals surface area contributed by atoms with Crippen molar-refractivity contribution in [2.45, 2.75) is 0 Å². The van der Waals surface area contributed by atoms with Crippen LogP contribution in [-0.4, -0.2) is 15.6 Å². The van der Waals surface area contributed by atoms with Crippen molar-refractivity contribution in [2.24, 2.45) is 0 Å². The summed E-state index contributed by atoms with van der Waals surface area (Å²) in [7, 11) is -2.22. The van der Waals surface area contributed by atoms with Crippen molar-refractivity contribution in [3.8, 4) is 0 Å². The topological polar surface area (TPSA) is 0 Å². The first-order chi connectivity index (χ1) is 5.72. The summed E-state index contributed by atoms with van der Waals surface area (Å²) in [5.41, 5.74) is 0. The first-order valence-corrected chi connectivity index (χ1v) is 11.5. The van der Waals surface area contributed by atoms with Crippen LogP contribution in [0.1, 0.15) is 0 Å². The van der Waals surface area contributed by atoms with Gasteiger partial charge < -0.3 is 0 Å². The predicted molar refractivity (Wildman–Crippen MR) is 65.2 cm³/mol. The molecule has 0 amide bonds. The highest BCUT2D eigenvalue weighted by molar-refractivity contribution is 7.39. The van der Waals surface area contributed by atoms with Crippen LogP contribution in [0.2, 0.25) is 0 Å². The van der Waals surface area contributed by atoms with Crippen LogP contribution >= 0.6 is 44.3 Å². The Morgan fingerprint density at radius 1 is 1.00 bits per heavy atom. The van der Waals surface area contributed by atoms with Gasteiger partial charge in [0.05, 0.1) is 0 Å². The number of hydrogen-bond donors (Lipinski definition) is 0. The fourth-order valence-electron chi connectivity index (χ4n) is 0.599. The molecular weight excluding hydrogens is 270 g/mol. The molecule has 0 saturated heterocycles. The first-order valence-electron chi connectivity index (χ1n) is 3.17. The molecule has 0 aliphatic carbocycles. The summed E-state index contributed by atoms with van der Waals surface area (Å²) < 4.78 is 0. The largest absolute Gasteiger partial charge is 0.266 e. The molecular formula is C6H8Cl4Si2. The Morgan fingerprint density at radius 3 is 1.67 bits per heavy atom. The lowest BCUT2D eigenvalue weighted by Gasteiger charge is -1.95. The van der Waals surface area contributed by atoms with Crippen LogP contribution in [0.25, 0.3) is 0 Å². The molecule has 0 aliphatic rings. The van der Waals surface area contributed by atoms with E-state index in [-0.39, 0.29) is 0 Å². The van der Waals surface area contributed by atoms with Crippen molar-refractivity contribution in [1.29, 1.82) is 0 Å². The third-order valence-electron chi connectivity index (χ3n) is 1.05. The number of rotatable bonds is 1. The van der Waals surface area contributed by atoms with Gasteiger partial charge in [0.15, 0.2) is 0 Å². The molecule has 0 nitrogen and oxygen atoms in total. The van der Waals surface area contributed by atoms with E-state index < -0.39 is 15.6 Å². The van der Waals surface area contributed by atoms with Gasteiger partial charge in [-0.25, -0.2) is 0 Å². The molecule has 0 N–H and O–H groups in total. The average molecular weight is 278 g/mol. The Kier molecular flexibility index (Phi) is 8.98. The second-order valence-corrected chi connectivity index (χ2v) is 9.00. The normalized spacial score (nSPS) is 9.08. The maximum atomic E-state index is 5.71. The zero-order valence-corrected chi connectivity index (χ0v) is 11.8. The van der Waals surface area contributed by atoms with E-state index in [9.17, 15) is 0 Å². The van der Waals surface area contributed by atoms with E-state index in [1.807, 2.05) is 30.3 Å². The summed E-state index contributed by atoms with van der Waals surface area (Å²) in [5, 5.41) is 1.08. The summed E-state index contributed by atoms with van der Waals surface area (Å²) >= 11 is 21.2. The minimum Gasteiger partial charge on any atom is -0.155 e. The number of halogens is 4. The Labute approximate surface area is 95.0 Å². The molecule has 0 aromatic heterocycles. The molecule has 0 aliphatic heterocycles. The maximum absolute atomic E-state index is 5.71. The Hall–Kier alpha value is 0.814. The molecule has 6 heteroatoms. The molecule has 0 atom stereocenters. The highest BCUT2D eigenvalue weighted by atomic mass is 35.7. The van der Waals surface area contributed by atoms with Gasteiger partial charge in [0.1, 0.15) is 0 Å². The minimum absolute atomic E-state index is 0.639. The summed E-state index contributed by atoms with van der Waals surface area (Å²) in [6, 6.07) is 9.75. The van der Waals surface area contributed by atoms with Crippen molar-refractivity contribution < 1.29 is 0 Å². The molecule has 1 aromatic rings. The van der Waals surface area contributed by atoms with Gasteiger partial charge in [-0.2, -0.15) is 22.2 Å². The van der Waals surface area contributed by atoms with Gasteiger partial charge in [-0.15, -0.1) is 22.2 Å². The van der Waals surface area contributed by atoms with Crippen molar-refractivity contribution in [3.05, 3.63) is 30.3 Å².